The first-order valence-corrected chi connectivity index (χ1v) is 4.29. The molecular weight excluding hydrogens is 162 g/mol. The van der Waals surface area contributed by atoms with E-state index in [0.29, 0.717) is 0 Å². The molecule has 1 N–H and O–H groups in total. The summed E-state index contributed by atoms with van der Waals surface area (Å²) in [5, 5.41) is 11.6. The SMILES string of the molecule is C[C@@H](O)c1ccc2cnccc2c1. The Morgan fingerprint density at radius 3 is 2.85 bits per heavy atom. The minimum Gasteiger partial charge on any atom is -0.389 e. The zero-order chi connectivity index (χ0) is 9.26. The molecule has 0 saturated heterocycles. The van der Waals surface area contributed by atoms with Crippen molar-refractivity contribution in [3.63, 3.8) is 0 Å². The number of rotatable bonds is 1. The van der Waals surface area contributed by atoms with E-state index in [1.807, 2.05) is 30.5 Å². The number of hydrogen-bond donors (Lipinski definition) is 1. The van der Waals surface area contributed by atoms with E-state index in [9.17, 15) is 5.11 Å². The molecule has 2 rings (SSSR count). The zero-order valence-corrected chi connectivity index (χ0v) is 7.44. The quantitative estimate of drug-likeness (QED) is 0.717. The summed E-state index contributed by atoms with van der Waals surface area (Å²) >= 11 is 0. The van der Waals surface area contributed by atoms with Crippen LogP contribution in [0.25, 0.3) is 10.8 Å². The highest BCUT2D eigenvalue weighted by molar-refractivity contribution is 5.82. The molecule has 0 fully saturated rings. The van der Waals surface area contributed by atoms with E-state index < -0.39 is 6.10 Å². The van der Waals surface area contributed by atoms with Crippen molar-refractivity contribution in [2.45, 2.75) is 13.0 Å². The summed E-state index contributed by atoms with van der Waals surface area (Å²) in [6, 6.07) is 7.84. The van der Waals surface area contributed by atoms with Crippen molar-refractivity contribution in [2.75, 3.05) is 0 Å². The average molecular weight is 173 g/mol. The highest BCUT2D eigenvalue weighted by Crippen LogP contribution is 2.18. The lowest BCUT2D eigenvalue weighted by atomic mass is 10.1. The smallest absolute Gasteiger partial charge is 0.0762 e. The maximum absolute atomic E-state index is 9.37. The van der Waals surface area contributed by atoms with Crippen molar-refractivity contribution in [1.29, 1.82) is 0 Å². The third kappa shape index (κ3) is 1.53. The molecular formula is C11H11NO. The summed E-state index contributed by atoms with van der Waals surface area (Å²) in [4.78, 5) is 4.02. The van der Waals surface area contributed by atoms with Gasteiger partial charge in [-0.05, 0) is 30.0 Å². The van der Waals surface area contributed by atoms with Gasteiger partial charge in [-0.3, -0.25) is 4.98 Å². The molecule has 1 atom stereocenters. The van der Waals surface area contributed by atoms with Gasteiger partial charge in [-0.25, -0.2) is 0 Å². The van der Waals surface area contributed by atoms with Crippen LogP contribution >= 0.6 is 0 Å². The molecule has 0 unspecified atom stereocenters. The van der Waals surface area contributed by atoms with Crippen molar-refractivity contribution < 1.29 is 5.11 Å². The first-order valence-electron chi connectivity index (χ1n) is 4.29. The van der Waals surface area contributed by atoms with E-state index in [0.717, 1.165) is 16.3 Å². The van der Waals surface area contributed by atoms with Crippen molar-refractivity contribution in [3.05, 3.63) is 42.2 Å². The molecule has 1 aromatic heterocycles. The van der Waals surface area contributed by atoms with Gasteiger partial charge in [0.2, 0.25) is 0 Å². The Kier molecular flexibility index (Phi) is 1.99. The molecule has 2 nitrogen and oxygen atoms in total. The highest BCUT2D eigenvalue weighted by atomic mass is 16.3. The Labute approximate surface area is 76.9 Å². The largest absolute Gasteiger partial charge is 0.389 e. The number of aliphatic hydroxyl groups is 1. The normalized spacial score (nSPS) is 13.1. The van der Waals surface area contributed by atoms with E-state index in [2.05, 4.69) is 4.98 Å². The summed E-state index contributed by atoms with van der Waals surface area (Å²) in [5.41, 5.74) is 0.943. The third-order valence-corrected chi connectivity index (χ3v) is 2.15. The number of pyridine rings is 1. The van der Waals surface area contributed by atoms with Crippen LogP contribution in [-0.2, 0) is 0 Å². The number of aromatic nitrogens is 1. The van der Waals surface area contributed by atoms with Crippen LogP contribution in [0.15, 0.2) is 36.7 Å². The van der Waals surface area contributed by atoms with E-state index in [-0.39, 0.29) is 0 Å². The topological polar surface area (TPSA) is 33.1 Å². The fraction of sp³-hybridized carbons (Fsp3) is 0.182. The molecule has 0 saturated carbocycles. The second-order valence-electron chi connectivity index (χ2n) is 3.16. The van der Waals surface area contributed by atoms with E-state index in [1.54, 1.807) is 13.1 Å². The van der Waals surface area contributed by atoms with Gasteiger partial charge in [0.1, 0.15) is 0 Å². The van der Waals surface area contributed by atoms with Gasteiger partial charge in [0.15, 0.2) is 0 Å². The lowest BCUT2D eigenvalue weighted by molar-refractivity contribution is 0.199. The molecule has 0 spiro atoms. The maximum Gasteiger partial charge on any atom is 0.0762 e. The van der Waals surface area contributed by atoms with Crippen LogP contribution in [0, 0.1) is 0 Å². The number of hydrogen-bond acceptors (Lipinski definition) is 2. The fourth-order valence-electron chi connectivity index (χ4n) is 1.36. The van der Waals surface area contributed by atoms with Crippen LogP contribution in [-0.4, -0.2) is 10.1 Å². The Morgan fingerprint density at radius 2 is 2.08 bits per heavy atom. The monoisotopic (exact) mass is 173 g/mol. The molecule has 66 valence electrons. The summed E-state index contributed by atoms with van der Waals surface area (Å²) < 4.78 is 0. The second kappa shape index (κ2) is 3.15. The van der Waals surface area contributed by atoms with E-state index in [1.165, 1.54) is 0 Å². The first kappa shape index (κ1) is 8.20. The van der Waals surface area contributed by atoms with Crippen LogP contribution in [0.3, 0.4) is 0 Å². The molecule has 13 heavy (non-hydrogen) atoms. The van der Waals surface area contributed by atoms with Crippen LogP contribution in [0.1, 0.15) is 18.6 Å². The predicted octanol–water partition coefficient (Wildman–Crippen LogP) is 2.29. The van der Waals surface area contributed by atoms with Crippen LogP contribution < -0.4 is 0 Å². The number of nitrogens with zero attached hydrogens (tertiary/aromatic N) is 1. The van der Waals surface area contributed by atoms with Crippen molar-refractivity contribution in [2.24, 2.45) is 0 Å². The average Bonchev–Trinajstić information content (AvgIpc) is 2.17. The summed E-state index contributed by atoms with van der Waals surface area (Å²) in [7, 11) is 0. The van der Waals surface area contributed by atoms with Gasteiger partial charge in [-0.15, -0.1) is 0 Å². The molecule has 1 aromatic carbocycles. The summed E-state index contributed by atoms with van der Waals surface area (Å²) in [6.07, 6.45) is 3.17. The van der Waals surface area contributed by atoms with Gasteiger partial charge < -0.3 is 5.11 Å². The van der Waals surface area contributed by atoms with Gasteiger partial charge >= 0.3 is 0 Å². The van der Waals surface area contributed by atoms with Gasteiger partial charge in [-0.1, -0.05) is 12.1 Å². The molecule has 2 aromatic rings. The van der Waals surface area contributed by atoms with E-state index >= 15 is 0 Å². The number of fused-ring (bicyclic) bond motifs is 1. The highest BCUT2D eigenvalue weighted by Gasteiger charge is 2.00. The number of aliphatic hydroxyl groups excluding tert-OH is 1. The molecule has 1 heterocycles. The van der Waals surface area contributed by atoms with Crippen LogP contribution in [0.4, 0.5) is 0 Å². The lowest BCUT2D eigenvalue weighted by Gasteiger charge is -2.05. The van der Waals surface area contributed by atoms with Crippen LogP contribution in [0.2, 0.25) is 0 Å². The van der Waals surface area contributed by atoms with Gasteiger partial charge in [0, 0.05) is 17.8 Å². The Morgan fingerprint density at radius 1 is 1.23 bits per heavy atom. The fourth-order valence-corrected chi connectivity index (χ4v) is 1.36. The minimum absolute atomic E-state index is 0.405. The van der Waals surface area contributed by atoms with Crippen molar-refractivity contribution >= 4 is 10.8 Å². The second-order valence-corrected chi connectivity index (χ2v) is 3.16. The minimum atomic E-state index is -0.405. The number of benzene rings is 1. The predicted molar refractivity (Wildman–Crippen MR) is 52.4 cm³/mol. The molecule has 2 heteroatoms. The van der Waals surface area contributed by atoms with Crippen molar-refractivity contribution in [1.82, 2.24) is 4.98 Å². The third-order valence-electron chi connectivity index (χ3n) is 2.15. The van der Waals surface area contributed by atoms with Crippen molar-refractivity contribution in [3.8, 4) is 0 Å². The standard InChI is InChI=1S/C11H11NO/c1-8(13)9-2-3-11-7-12-5-4-10(11)6-9/h2-8,13H,1H3/t8-/m1/s1. The maximum atomic E-state index is 9.37. The Balaban J connectivity index is 2.62. The van der Waals surface area contributed by atoms with Gasteiger partial charge in [0.05, 0.1) is 6.10 Å². The molecule has 0 aliphatic carbocycles. The van der Waals surface area contributed by atoms with Gasteiger partial charge in [0.25, 0.3) is 0 Å². The molecule has 0 amide bonds. The molecule has 0 bridgehead atoms. The van der Waals surface area contributed by atoms with E-state index in [4.69, 9.17) is 0 Å². The molecule has 0 aliphatic heterocycles. The van der Waals surface area contributed by atoms with Gasteiger partial charge in [-0.2, -0.15) is 0 Å². The zero-order valence-electron chi connectivity index (χ0n) is 7.44. The Bertz CT molecular complexity index is 423. The Hall–Kier alpha value is -1.41. The first-order chi connectivity index (χ1) is 6.27. The summed E-state index contributed by atoms with van der Waals surface area (Å²) in [5.74, 6) is 0. The lowest BCUT2D eigenvalue weighted by Crippen LogP contribution is -1.90. The molecule has 0 radical (unpaired) electrons. The van der Waals surface area contributed by atoms with Crippen LogP contribution in [0.5, 0.6) is 0 Å². The molecule has 0 aliphatic rings. The summed E-state index contributed by atoms with van der Waals surface area (Å²) in [6.45, 7) is 1.77.